The molecule has 3 heterocycles. The third kappa shape index (κ3) is 2.22. The molecule has 0 saturated carbocycles. The van der Waals surface area contributed by atoms with Crippen LogP contribution < -0.4 is 14.8 Å². The fourth-order valence-electron chi connectivity index (χ4n) is 3.06. The Bertz CT molecular complexity index is 666. The second-order valence-electron chi connectivity index (χ2n) is 5.60. The Balaban J connectivity index is 1.72. The molecule has 0 fully saturated rings. The van der Waals surface area contributed by atoms with Gasteiger partial charge in [0.25, 0.3) is 0 Å². The molecule has 1 aromatic heterocycles. The molecule has 1 aromatic carbocycles. The number of aromatic nitrogens is 2. The van der Waals surface area contributed by atoms with Gasteiger partial charge in [-0.3, -0.25) is 0 Å². The second-order valence-corrected chi connectivity index (χ2v) is 5.60. The van der Waals surface area contributed by atoms with Gasteiger partial charge in [-0.2, -0.15) is 0 Å². The van der Waals surface area contributed by atoms with E-state index in [1.165, 1.54) is 5.56 Å². The number of fused-ring (bicyclic) bond motifs is 2. The summed E-state index contributed by atoms with van der Waals surface area (Å²) in [6, 6.07) is 6.60. The third-order valence-electron chi connectivity index (χ3n) is 4.05. The number of aryl methyl sites for hydroxylation is 1. The molecule has 4 rings (SSSR count). The monoisotopic (exact) mass is 285 g/mol. The average molecular weight is 285 g/mol. The van der Waals surface area contributed by atoms with Crippen molar-refractivity contribution in [1.29, 1.82) is 0 Å². The van der Waals surface area contributed by atoms with Crippen molar-refractivity contribution in [2.45, 2.75) is 25.8 Å². The minimum absolute atomic E-state index is 0.305. The highest BCUT2D eigenvalue weighted by molar-refractivity contribution is 5.46. The van der Waals surface area contributed by atoms with Crippen molar-refractivity contribution in [3.63, 3.8) is 0 Å². The van der Waals surface area contributed by atoms with Crippen LogP contribution >= 0.6 is 0 Å². The maximum Gasteiger partial charge on any atom is 0.203 e. The van der Waals surface area contributed by atoms with Gasteiger partial charge < -0.3 is 19.4 Å². The van der Waals surface area contributed by atoms with Crippen LogP contribution in [0.1, 0.15) is 30.1 Å². The molecule has 0 bridgehead atoms. The highest BCUT2D eigenvalue weighted by Crippen LogP contribution is 2.36. The van der Waals surface area contributed by atoms with Crippen molar-refractivity contribution in [2.75, 3.05) is 25.1 Å². The van der Waals surface area contributed by atoms with Gasteiger partial charge in [-0.15, -0.1) is 0 Å². The smallest absolute Gasteiger partial charge is 0.203 e. The van der Waals surface area contributed by atoms with E-state index in [1.807, 2.05) is 13.0 Å². The van der Waals surface area contributed by atoms with Gasteiger partial charge in [0.2, 0.25) is 5.95 Å². The van der Waals surface area contributed by atoms with Crippen LogP contribution in [0.5, 0.6) is 11.5 Å². The van der Waals surface area contributed by atoms with Crippen LogP contribution in [0.2, 0.25) is 0 Å². The van der Waals surface area contributed by atoms with Gasteiger partial charge in [0.1, 0.15) is 0 Å². The molecule has 0 aliphatic carbocycles. The summed E-state index contributed by atoms with van der Waals surface area (Å²) in [4.78, 5) is 4.53. The number of imidazole rings is 1. The largest absolute Gasteiger partial charge is 0.490 e. The molecular weight excluding hydrogens is 266 g/mol. The Morgan fingerprint density at radius 1 is 1.24 bits per heavy atom. The SMILES string of the molecule is Cc1cn2c(n1)NCCC2c1ccc2c(c1)OCCCO2. The number of nitrogens with one attached hydrogen (secondary N) is 1. The predicted molar refractivity (Wildman–Crippen MR) is 80.3 cm³/mol. The summed E-state index contributed by atoms with van der Waals surface area (Å²) in [6.07, 6.45) is 4.08. The van der Waals surface area contributed by atoms with E-state index in [1.54, 1.807) is 0 Å². The van der Waals surface area contributed by atoms with E-state index in [9.17, 15) is 0 Å². The van der Waals surface area contributed by atoms with Gasteiger partial charge in [0.15, 0.2) is 11.5 Å². The van der Waals surface area contributed by atoms with Crippen molar-refractivity contribution in [3.8, 4) is 11.5 Å². The van der Waals surface area contributed by atoms with Crippen LogP contribution in [-0.2, 0) is 0 Å². The predicted octanol–water partition coefficient (Wildman–Crippen LogP) is 2.76. The van der Waals surface area contributed by atoms with E-state index in [4.69, 9.17) is 9.47 Å². The zero-order valence-corrected chi connectivity index (χ0v) is 12.1. The third-order valence-corrected chi connectivity index (χ3v) is 4.05. The summed E-state index contributed by atoms with van der Waals surface area (Å²) in [7, 11) is 0. The fraction of sp³-hybridized carbons (Fsp3) is 0.438. The number of hydrogen-bond donors (Lipinski definition) is 1. The zero-order valence-electron chi connectivity index (χ0n) is 12.1. The highest BCUT2D eigenvalue weighted by Gasteiger charge is 2.23. The first kappa shape index (κ1) is 12.6. The maximum absolute atomic E-state index is 5.81. The van der Waals surface area contributed by atoms with Crippen molar-refractivity contribution >= 4 is 5.95 Å². The molecule has 2 aliphatic heterocycles. The minimum Gasteiger partial charge on any atom is -0.490 e. The molecule has 21 heavy (non-hydrogen) atoms. The molecule has 0 amide bonds. The Morgan fingerprint density at radius 3 is 3.00 bits per heavy atom. The molecule has 0 saturated heterocycles. The normalized spacial score (nSPS) is 20.3. The Hall–Kier alpha value is -2.17. The average Bonchev–Trinajstić information content (AvgIpc) is 2.73. The summed E-state index contributed by atoms with van der Waals surface area (Å²) in [5.74, 6) is 2.67. The Kier molecular flexibility index (Phi) is 2.98. The van der Waals surface area contributed by atoms with E-state index >= 15 is 0 Å². The van der Waals surface area contributed by atoms with Crippen molar-refractivity contribution < 1.29 is 9.47 Å². The first-order chi connectivity index (χ1) is 10.3. The molecule has 110 valence electrons. The number of anilines is 1. The molecular formula is C16H19N3O2. The standard InChI is InChI=1S/C16H19N3O2/c1-11-10-19-13(5-6-17-16(19)18-11)12-3-4-14-15(9-12)21-8-2-7-20-14/h3-4,9-10,13H,2,5-8H2,1H3,(H,17,18). The Labute approximate surface area is 123 Å². The number of benzene rings is 1. The summed E-state index contributed by atoms with van der Waals surface area (Å²) >= 11 is 0. The van der Waals surface area contributed by atoms with E-state index < -0.39 is 0 Å². The van der Waals surface area contributed by atoms with Crippen LogP contribution in [0.3, 0.4) is 0 Å². The molecule has 1 unspecified atom stereocenters. The molecule has 0 spiro atoms. The van der Waals surface area contributed by atoms with E-state index in [2.05, 4.69) is 33.2 Å². The summed E-state index contributed by atoms with van der Waals surface area (Å²) < 4.78 is 13.7. The lowest BCUT2D eigenvalue weighted by Gasteiger charge is -2.26. The molecule has 1 atom stereocenters. The molecule has 0 radical (unpaired) electrons. The van der Waals surface area contributed by atoms with Crippen LogP contribution in [0.25, 0.3) is 0 Å². The molecule has 2 aromatic rings. The van der Waals surface area contributed by atoms with Gasteiger partial charge in [0.05, 0.1) is 24.9 Å². The highest BCUT2D eigenvalue weighted by atomic mass is 16.5. The maximum atomic E-state index is 5.81. The van der Waals surface area contributed by atoms with Gasteiger partial charge in [-0.05, 0) is 31.0 Å². The molecule has 2 aliphatic rings. The minimum atomic E-state index is 0.305. The first-order valence-electron chi connectivity index (χ1n) is 7.50. The lowest BCUT2D eigenvalue weighted by Crippen LogP contribution is -2.23. The number of hydrogen-bond acceptors (Lipinski definition) is 4. The Morgan fingerprint density at radius 2 is 2.10 bits per heavy atom. The fourth-order valence-corrected chi connectivity index (χ4v) is 3.06. The lowest BCUT2D eigenvalue weighted by atomic mass is 10.0. The summed E-state index contributed by atoms with van der Waals surface area (Å²) in [5.41, 5.74) is 2.29. The lowest BCUT2D eigenvalue weighted by molar-refractivity contribution is 0.297. The second kappa shape index (κ2) is 4.98. The number of rotatable bonds is 1. The van der Waals surface area contributed by atoms with E-state index in [-0.39, 0.29) is 0 Å². The first-order valence-corrected chi connectivity index (χ1v) is 7.50. The van der Waals surface area contributed by atoms with Crippen LogP contribution in [-0.4, -0.2) is 29.3 Å². The summed E-state index contributed by atoms with van der Waals surface area (Å²) in [6.45, 7) is 4.41. The van der Waals surface area contributed by atoms with Gasteiger partial charge >= 0.3 is 0 Å². The van der Waals surface area contributed by atoms with Crippen LogP contribution in [0.4, 0.5) is 5.95 Å². The molecule has 5 heteroatoms. The zero-order chi connectivity index (χ0) is 14.2. The van der Waals surface area contributed by atoms with Gasteiger partial charge in [-0.25, -0.2) is 4.98 Å². The number of ether oxygens (including phenoxy) is 2. The van der Waals surface area contributed by atoms with Gasteiger partial charge in [0, 0.05) is 19.2 Å². The topological polar surface area (TPSA) is 48.3 Å². The van der Waals surface area contributed by atoms with Gasteiger partial charge in [-0.1, -0.05) is 6.07 Å². The summed E-state index contributed by atoms with van der Waals surface area (Å²) in [5, 5.41) is 3.35. The quantitative estimate of drug-likeness (QED) is 0.875. The molecule has 1 N–H and O–H groups in total. The number of nitrogens with zero attached hydrogens (tertiary/aromatic N) is 2. The van der Waals surface area contributed by atoms with Crippen LogP contribution in [0, 0.1) is 6.92 Å². The molecule has 5 nitrogen and oxygen atoms in total. The van der Waals surface area contributed by atoms with Crippen molar-refractivity contribution in [2.24, 2.45) is 0 Å². The van der Waals surface area contributed by atoms with Crippen LogP contribution in [0.15, 0.2) is 24.4 Å². The van der Waals surface area contributed by atoms with E-state index in [0.29, 0.717) is 6.04 Å². The van der Waals surface area contributed by atoms with Crippen molar-refractivity contribution in [3.05, 3.63) is 35.7 Å². The van der Waals surface area contributed by atoms with E-state index in [0.717, 1.165) is 55.7 Å². The van der Waals surface area contributed by atoms with Crippen molar-refractivity contribution in [1.82, 2.24) is 9.55 Å².